The molecule has 0 aromatic carbocycles. The Morgan fingerprint density at radius 3 is 2.76 bits per heavy atom. The summed E-state index contributed by atoms with van der Waals surface area (Å²) in [6, 6.07) is 1.66. The number of hydrogen-bond donors (Lipinski definition) is 3. The lowest BCUT2D eigenvalue weighted by Crippen LogP contribution is -2.27. The van der Waals surface area contributed by atoms with Crippen LogP contribution < -0.4 is 11.1 Å². The van der Waals surface area contributed by atoms with Crippen LogP contribution in [-0.2, 0) is 11.3 Å². The summed E-state index contributed by atoms with van der Waals surface area (Å²) < 4.78 is 4.96. The number of nitrogens with zero attached hydrogens (tertiary/aromatic N) is 2. The van der Waals surface area contributed by atoms with Crippen molar-refractivity contribution in [3.8, 4) is 0 Å². The molecule has 1 rings (SSSR count). The molecular formula is C11H20N4O2. The Bertz CT molecular complexity index is 368. The molecular weight excluding hydrogens is 220 g/mol. The van der Waals surface area contributed by atoms with Gasteiger partial charge in [-0.05, 0) is 0 Å². The van der Waals surface area contributed by atoms with Crippen molar-refractivity contribution in [1.82, 2.24) is 9.97 Å². The molecule has 1 aromatic rings. The maximum absolute atomic E-state index is 9.15. The van der Waals surface area contributed by atoms with E-state index in [4.69, 9.17) is 15.6 Å². The summed E-state index contributed by atoms with van der Waals surface area (Å²) in [5.74, 6) is 1.58. The molecule has 0 aliphatic carbocycles. The maximum atomic E-state index is 9.15. The van der Waals surface area contributed by atoms with Gasteiger partial charge in [-0.3, -0.25) is 0 Å². The number of aliphatic hydroxyl groups excluding tert-OH is 1. The minimum Gasteiger partial charge on any atom is -0.396 e. The highest BCUT2D eigenvalue weighted by atomic mass is 16.5. The van der Waals surface area contributed by atoms with Crippen molar-refractivity contribution in [2.24, 2.45) is 5.41 Å². The van der Waals surface area contributed by atoms with E-state index in [0.717, 1.165) is 0 Å². The number of aromatic nitrogens is 2. The molecule has 6 heteroatoms. The van der Waals surface area contributed by atoms with Crippen LogP contribution in [0.1, 0.15) is 19.7 Å². The van der Waals surface area contributed by atoms with E-state index in [2.05, 4.69) is 15.3 Å². The zero-order chi connectivity index (χ0) is 12.9. The standard InChI is InChI=1S/C11H20N4O2/c1-11(2,7-16)6-13-9-4-8(12)14-10(15-9)5-17-3/h4,16H,5-7H2,1-3H3,(H3,12,13,14,15). The highest BCUT2D eigenvalue weighted by Gasteiger charge is 2.16. The molecule has 1 aromatic heterocycles. The summed E-state index contributed by atoms with van der Waals surface area (Å²) in [6.45, 7) is 4.95. The number of ether oxygens (including phenoxy) is 1. The maximum Gasteiger partial charge on any atom is 0.158 e. The minimum atomic E-state index is -0.207. The van der Waals surface area contributed by atoms with Crippen molar-refractivity contribution in [3.05, 3.63) is 11.9 Å². The second-order valence-electron chi connectivity index (χ2n) is 4.70. The first-order valence-electron chi connectivity index (χ1n) is 5.44. The van der Waals surface area contributed by atoms with Crippen molar-refractivity contribution in [2.75, 3.05) is 31.3 Å². The number of aliphatic hydroxyl groups is 1. The van der Waals surface area contributed by atoms with Crippen LogP contribution >= 0.6 is 0 Å². The molecule has 6 nitrogen and oxygen atoms in total. The molecule has 0 amide bonds. The number of nitrogens with two attached hydrogens (primary N) is 1. The van der Waals surface area contributed by atoms with Crippen molar-refractivity contribution in [1.29, 1.82) is 0 Å². The van der Waals surface area contributed by atoms with Crippen LogP contribution in [0.2, 0.25) is 0 Å². The first-order valence-corrected chi connectivity index (χ1v) is 5.44. The molecule has 0 unspecified atom stereocenters. The first-order chi connectivity index (χ1) is 7.96. The lowest BCUT2D eigenvalue weighted by Gasteiger charge is -2.22. The molecule has 0 saturated carbocycles. The summed E-state index contributed by atoms with van der Waals surface area (Å²) in [7, 11) is 1.58. The van der Waals surface area contributed by atoms with E-state index in [1.165, 1.54) is 0 Å². The van der Waals surface area contributed by atoms with Crippen molar-refractivity contribution < 1.29 is 9.84 Å². The molecule has 0 bridgehead atoms. The van der Waals surface area contributed by atoms with Crippen LogP contribution in [0, 0.1) is 5.41 Å². The topological polar surface area (TPSA) is 93.3 Å². The second kappa shape index (κ2) is 5.79. The summed E-state index contributed by atoms with van der Waals surface area (Å²) in [6.07, 6.45) is 0. The van der Waals surface area contributed by atoms with Crippen molar-refractivity contribution in [2.45, 2.75) is 20.5 Å². The highest BCUT2D eigenvalue weighted by molar-refractivity contribution is 5.44. The molecule has 0 saturated heterocycles. The van der Waals surface area contributed by atoms with Crippen LogP contribution in [0.5, 0.6) is 0 Å². The molecule has 0 aliphatic rings. The van der Waals surface area contributed by atoms with Crippen LogP contribution in [0.15, 0.2) is 6.07 Å². The molecule has 0 atom stereocenters. The largest absolute Gasteiger partial charge is 0.396 e. The third-order valence-corrected chi connectivity index (χ3v) is 2.24. The molecule has 0 radical (unpaired) electrons. The van der Waals surface area contributed by atoms with E-state index in [1.807, 2.05) is 13.8 Å². The van der Waals surface area contributed by atoms with E-state index in [9.17, 15) is 0 Å². The first kappa shape index (κ1) is 13.7. The number of nitrogen functional groups attached to an aromatic ring is 1. The average Bonchev–Trinajstić information content (AvgIpc) is 2.26. The number of nitrogens with one attached hydrogen (secondary N) is 1. The van der Waals surface area contributed by atoms with Gasteiger partial charge in [0.15, 0.2) is 5.82 Å². The summed E-state index contributed by atoms with van der Waals surface area (Å²) >= 11 is 0. The number of hydrogen-bond acceptors (Lipinski definition) is 6. The molecule has 17 heavy (non-hydrogen) atoms. The fraction of sp³-hybridized carbons (Fsp3) is 0.636. The molecule has 0 aliphatic heterocycles. The molecule has 4 N–H and O–H groups in total. The Labute approximate surface area is 101 Å². The smallest absolute Gasteiger partial charge is 0.158 e. The molecule has 0 fully saturated rings. The number of methoxy groups -OCH3 is 1. The van der Waals surface area contributed by atoms with Crippen LogP contribution in [-0.4, -0.2) is 35.3 Å². The quantitative estimate of drug-likeness (QED) is 0.675. The normalized spacial score (nSPS) is 11.5. The van der Waals surface area contributed by atoms with Crippen LogP contribution in [0.3, 0.4) is 0 Å². The average molecular weight is 240 g/mol. The van der Waals surface area contributed by atoms with Gasteiger partial charge in [-0.15, -0.1) is 0 Å². The minimum absolute atomic E-state index is 0.103. The van der Waals surface area contributed by atoms with Gasteiger partial charge in [-0.25, -0.2) is 9.97 Å². The van der Waals surface area contributed by atoms with Gasteiger partial charge in [-0.1, -0.05) is 13.8 Å². The van der Waals surface area contributed by atoms with Crippen molar-refractivity contribution >= 4 is 11.6 Å². The van der Waals surface area contributed by atoms with Gasteiger partial charge < -0.3 is 20.9 Å². The van der Waals surface area contributed by atoms with Gasteiger partial charge in [0.25, 0.3) is 0 Å². The third kappa shape index (κ3) is 4.54. The highest BCUT2D eigenvalue weighted by Crippen LogP contribution is 2.16. The Hall–Kier alpha value is -1.40. The van der Waals surface area contributed by atoms with Crippen molar-refractivity contribution in [3.63, 3.8) is 0 Å². The van der Waals surface area contributed by atoms with Gasteiger partial charge in [0, 0.05) is 31.7 Å². The Kier molecular flexibility index (Phi) is 4.65. The Balaban J connectivity index is 2.70. The zero-order valence-corrected chi connectivity index (χ0v) is 10.5. The molecule has 96 valence electrons. The summed E-state index contributed by atoms with van der Waals surface area (Å²) in [5, 5.41) is 12.3. The SMILES string of the molecule is COCc1nc(N)cc(NCC(C)(C)CO)n1. The molecule has 1 heterocycles. The van der Waals surface area contributed by atoms with Gasteiger partial charge in [0.05, 0.1) is 0 Å². The van der Waals surface area contributed by atoms with Gasteiger partial charge in [0.1, 0.15) is 18.2 Å². The second-order valence-corrected chi connectivity index (χ2v) is 4.70. The molecule has 0 spiro atoms. The van der Waals surface area contributed by atoms with E-state index in [0.29, 0.717) is 30.6 Å². The Morgan fingerprint density at radius 1 is 1.47 bits per heavy atom. The number of anilines is 2. The zero-order valence-electron chi connectivity index (χ0n) is 10.5. The predicted octanol–water partition coefficient (Wildman–Crippen LogP) is 0.636. The van der Waals surface area contributed by atoms with Crippen LogP contribution in [0.4, 0.5) is 11.6 Å². The van der Waals surface area contributed by atoms with E-state index < -0.39 is 0 Å². The van der Waals surface area contributed by atoms with Gasteiger partial charge in [0.2, 0.25) is 0 Å². The fourth-order valence-corrected chi connectivity index (χ4v) is 1.19. The lowest BCUT2D eigenvalue weighted by molar-refractivity contribution is 0.170. The summed E-state index contributed by atoms with van der Waals surface area (Å²) in [4.78, 5) is 8.29. The lowest BCUT2D eigenvalue weighted by atomic mass is 9.95. The van der Waals surface area contributed by atoms with Gasteiger partial charge in [-0.2, -0.15) is 0 Å². The van der Waals surface area contributed by atoms with E-state index in [-0.39, 0.29) is 12.0 Å². The van der Waals surface area contributed by atoms with Crippen LogP contribution in [0.25, 0.3) is 0 Å². The predicted molar refractivity (Wildman–Crippen MR) is 66.5 cm³/mol. The third-order valence-electron chi connectivity index (χ3n) is 2.24. The summed E-state index contributed by atoms with van der Waals surface area (Å²) in [5.41, 5.74) is 5.46. The van der Waals surface area contributed by atoms with E-state index in [1.54, 1.807) is 13.2 Å². The van der Waals surface area contributed by atoms with E-state index >= 15 is 0 Å². The fourth-order valence-electron chi connectivity index (χ4n) is 1.19. The monoisotopic (exact) mass is 240 g/mol. The number of rotatable bonds is 6. The Morgan fingerprint density at radius 2 is 2.18 bits per heavy atom. The van der Waals surface area contributed by atoms with Gasteiger partial charge >= 0.3 is 0 Å².